The Bertz CT molecular complexity index is 1280. The van der Waals surface area contributed by atoms with E-state index < -0.39 is 36.3 Å². The summed E-state index contributed by atoms with van der Waals surface area (Å²) < 4.78 is 82.2. The molecule has 2 atom stereocenters. The average Bonchev–Trinajstić information content (AvgIpc) is 3.47. The van der Waals surface area contributed by atoms with Crippen molar-refractivity contribution in [1.82, 2.24) is 14.8 Å². The number of nitrogens with zero attached hydrogens (tertiary/aromatic N) is 5. The van der Waals surface area contributed by atoms with E-state index in [9.17, 15) is 31.1 Å². The highest BCUT2D eigenvalue weighted by atomic mass is 19.4. The summed E-state index contributed by atoms with van der Waals surface area (Å²) in [5, 5.41) is 0.425. The van der Waals surface area contributed by atoms with Crippen LogP contribution in [0.3, 0.4) is 0 Å². The number of carbonyl (C=O) groups excluding carboxylic acids is 1. The average molecular weight is 588 g/mol. The van der Waals surface area contributed by atoms with Gasteiger partial charge in [0, 0.05) is 49.0 Å². The van der Waals surface area contributed by atoms with Crippen LogP contribution in [0.15, 0.2) is 30.3 Å². The second-order valence-corrected chi connectivity index (χ2v) is 10.5. The van der Waals surface area contributed by atoms with Crippen LogP contribution in [0, 0.1) is 0 Å². The van der Waals surface area contributed by atoms with Crippen molar-refractivity contribution in [2.24, 2.45) is 11.5 Å². The van der Waals surface area contributed by atoms with E-state index in [0.717, 1.165) is 18.9 Å². The number of fused-ring (bicyclic) bond motifs is 1. The maximum atomic E-state index is 14.3. The summed E-state index contributed by atoms with van der Waals surface area (Å²) in [6.07, 6.45) is -8.02. The third-order valence-electron chi connectivity index (χ3n) is 8.04. The Morgan fingerprint density at radius 2 is 1.63 bits per heavy atom. The molecule has 0 bridgehead atoms. The van der Waals surface area contributed by atoms with Gasteiger partial charge in [-0.1, -0.05) is 25.0 Å². The van der Waals surface area contributed by atoms with Crippen molar-refractivity contribution in [3.63, 3.8) is 0 Å². The molecular formula is C26H31F6N7O2. The second kappa shape index (κ2) is 10.9. The Balaban J connectivity index is 1.57. The second-order valence-electron chi connectivity index (χ2n) is 10.5. The summed E-state index contributed by atoms with van der Waals surface area (Å²) in [4.78, 5) is 26.0. The van der Waals surface area contributed by atoms with Crippen LogP contribution in [0.1, 0.15) is 43.0 Å². The van der Waals surface area contributed by atoms with Crippen LogP contribution in [0.25, 0.3) is 11.3 Å². The Labute approximate surface area is 232 Å². The third-order valence-corrected chi connectivity index (χ3v) is 8.04. The molecule has 3 heterocycles. The lowest BCUT2D eigenvalue weighted by molar-refractivity contribution is -0.204. The molecule has 1 aromatic carbocycles. The van der Waals surface area contributed by atoms with Gasteiger partial charge < -0.3 is 15.5 Å². The zero-order valence-corrected chi connectivity index (χ0v) is 22.3. The van der Waals surface area contributed by atoms with Gasteiger partial charge in [-0.2, -0.15) is 31.4 Å². The van der Waals surface area contributed by atoms with Gasteiger partial charge in [-0.05, 0) is 38.1 Å². The molecule has 2 fully saturated rings. The number of hydrogen-bond donors (Lipinski definition) is 2. The zero-order chi connectivity index (χ0) is 29.7. The van der Waals surface area contributed by atoms with E-state index in [0.29, 0.717) is 43.0 Å². The van der Waals surface area contributed by atoms with Crippen LogP contribution in [0.5, 0.6) is 0 Å². The predicted molar refractivity (Wildman–Crippen MR) is 138 cm³/mol. The maximum absolute atomic E-state index is 14.3. The Morgan fingerprint density at radius 1 is 0.976 bits per heavy atom. The molecule has 3 aliphatic rings. The fraction of sp³-hybridized carbons (Fsp3) is 0.538. The van der Waals surface area contributed by atoms with Gasteiger partial charge in [0.2, 0.25) is 0 Å². The third kappa shape index (κ3) is 5.67. The fourth-order valence-corrected chi connectivity index (χ4v) is 5.83. The van der Waals surface area contributed by atoms with Crippen LogP contribution in [-0.2, 0) is 15.8 Å². The number of nitrogens with two attached hydrogens (primary N) is 2. The van der Waals surface area contributed by atoms with E-state index in [-0.39, 0.29) is 22.6 Å². The topological polar surface area (TPSA) is 104 Å². The maximum Gasteiger partial charge on any atom is 0.493 e. The van der Waals surface area contributed by atoms with Crippen molar-refractivity contribution in [2.45, 2.75) is 56.5 Å². The fourth-order valence-electron chi connectivity index (χ4n) is 5.83. The molecule has 41 heavy (non-hydrogen) atoms. The molecule has 0 spiro atoms. The summed E-state index contributed by atoms with van der Waals surface area (Å²) in [6.45, 7) is 2.36. The summed E-state index contributed by atoms with van der Waals surface area (Å²) >= 11 is 0. The molecule has 224 valence electrons. The number of pyridine rings is 1. The van der Waals surface area contributed by atoms with Crippen molar-refractivity contribution in [1.29, 1.82) is 0 Å². The normalized spacial score (nSPS) is 23.1. The van der Waals surface area contributed by atoms with Gasteiger partial charge in [0.05, 0.1) is 17.4 Å². The van der Waals surface area contributed by atoms with E-state index in [1.54, 1.807) is 6.07 Å². The number of aromatic nitrogens is 1. The zero-order valence-electron chi connectivity index (χ0n) is 22.3. The molecule has 15 heteroatoms. The number of hydroxylamine groups is 1. The number of benzene rings is 1. The van der Waals surface area contributed by atoms with E-state index in [1.165, 1.54) is 43.0 Å². The first kappa shape index (κ1) is 29.4. The van der Waals surface area contributed by atoms with Gasteiger partial charge in [0.15, 0.2) is 12.1 Å². The Morgan fingerprint density at radius 3 is 2.24 bits per heavy atom. The van der Waals surface area contributed by atoms with Crippen LogP contribution in [-0.4, -0.2) is 72.5 Å². The van der Waals surface area contributed by atoms with E-state index in [2.05, 4.69) is 14.7 Å². The Kier molecular flexibility index (Phi) is 7.82. The standard InChI is InChI=1S/C26H31F6N7O2/c1-36-21(33)16-9-10-18(35-22(16)39(24(36)34)41-23(40)26(30,31)32)20-17(25(27,28)29)7-4-8-19(20)38-13-11-37(12-14-38)15-5-2-3-6-15/h4,7-10,15,21,24H,2-3,5-6,11-14,33-34H2,1H3. The summed E-state index contributed by atoms with van der Waals surface area (Å²) in [5.41, 5.74) is 11.2. The highest BCUT2D eigenvalue weighted by Crippen LogP contribution is 2.44. The number of alkyl halides is 6. The van der Waals surface area contributed by atoms with Crippen LogP contribution >= 0.6 is 0 Å². The van der Waals surface area contributed by atoms with E-state index >= 15 is 0 Å². The minimum Gasteiger partial charge on any atom is -0.368 e. The van der Waals surface area contributed by atoms with Gasteiger partial charge in [0.25, 0.3) is 0 Å². The highest BCUT2D eigenvalue weighted by Gasteiger charge is 2.46. The van der Waals surface area contributed by atoms with E-state index in [4.69, 9.17) is 11.5 Å². The summed E-state index contributed by atoms with van der Waals surface area (Å²) in [6, 6.07) is 6.99. The van der Waals surface area contributed by atoms with Gasteiger partial charge in [-0.15, -0.1) is 0 Å². The molecule has 9 nitrogen and oxygen atoms in total. The number of halogens is 6. The van der Waals surface area contributed by atoms with Crippen molar-refractivity contribution >= 4 is 17.5 Å². The monoisotopic (exact) mass is 587 g/mol. The minimum atomic E-state index is -5.35. The lowest BCUT2D eigenvalue weighted by Crippen LogP contribution is -2.60. The first-order valence-corrected chi connectivity index (χ1v) is 13.3. The highest BCUT2D eigenvalue weighted by molar-refractivity contribution is 5.82. The first-order valence-electron chi connectivity index (χ1n) is 13.3. The quantitative estimate of drug-likeness (QED) is 0.517. The van der Waals surface area contributed by atoms with Crippen LogP contribution in [0.4, 0.5) is 37.8 Å². The summed E-state index contributed by atoms with van der Waals surface area (Å²) in [7, 11) is 1.39. The number of anilines is 2. The molecule has 0 radical (unpaired) electrons. The van der Waals surface area contributed by atoms with Crippen molar-refractivity contribution in [3.05, 3.63) is 41.5 Å². The number of hydrogen-bond acceptors (Lipinski definition) is 9. The van der Waals surface area contributed by atoms with Gasteiger partial charge in [-0.3, -0.25) is 15.5 Å². The molecular weight excluding hydrogens is 556 g/mol. The molecule has 1 saturated heterocycles. The lowest BCUT2D eigenvalue weighted by atomic mass is 9.98. The van der Waals surface area contributed by atoms with Gasteiger partial charge in [0.1, 0.15) is 0 Å². The minimum absolute atomic E-state index is 0.115. The van der Waals surface area contributed by atoms with Crippen molar-refractivity contribution in [3.8, 4) is 11.3 Å². The number of piperazine rings is 1. The molecule has 0 amide bonds. The van der Waals surface area contributed by atoms with Crippen molar-refractivity contribution in [2.75, 3.05) is 43.2 Å². The SMILES string of the molecule is CN1C(N)c2ccc(-c3c(N4CCN(C5CCCC5)CC4)cccc3C(F)(F)F)nc2N(OC(=O)C(F)(F)F)C1N. The molecule has 2 unspecified atom stereocenters. The predicted octanol–water partition coefficient (Wildman–Crippen LogP) is 3.80. The van der Waals surface area contributed by atoms with Crippen LogP contribution in [0.2, 0.25) is 0 Å². The summed E-state index contributed by atoms with van der Waals surface area (Å²) in [5.74, 6) is -2.95. The molecule has 1 saturated carbocycles. The molecule has 2 aromatic rings. The number of carbonyl (C=O) groups is 1. The molecule has 1 aromatic heterocycles. The first-order chi connectivity index (χ1) is 19.3. The van der Waals surface area contributed by atoms with Gasteiger partial charge >= 0.3 is 18.3 Å². The van der Waals surface area contributed by atoms with E-state index in [1.807, 2.05) is 4.90 Å². The molecule has 4 N–H and O–H groups in total. The van der Waals surface area contributed by atoms with Gasteiger partial charge in [-0.25, -0.2) is 9.78 Å². The van der Waals surface area contributed by atoms with Crippen molar-refractivity contribution < 1.29 is 36.0 Å². The molecule has 2 aliphatic heterocycles. The number of rotatable bonds is 4. The lowest BCUT2D eigenvalue weighted by Gasteiger charge is -2.42. The largest absolute Gasteiger partial charge is 0.493 e. The smallest absolute Gasteiger partial charge is 0.368 e. The van der Waals surface area contributed by atoms with Crippen LogP contribution < -0.4 is 21.4 Å². The molecule has 1 aliphatic carbocycles. The Hall–Kier alpha value is -3.14. The molecule has 5 rings (SSSR count).